The Balaban J connectivity index is 2.97. The number of para-hydroxylation sites is 1. The Labute approximate surface area is 124 Å². The molecule has 5 heteroatoms. The fourth-order valence-electron chi connectivity index (χ4n) is 1.92. The molecule has 0 heterocycles. The Bertz CT molecular complexity index is 397. The van der Waals surface area contributed by atoms with Gasteiger partial charge in [-0.05, 0) is 19.4 Å². The number of benzene rings is 1. The van der Waals surface area contributed by atoms with Crippen molar-refractivity contribution < 1.29 is 13.8 Å². The van der Waals surface area contributed by atoms with Crippen molar-refractivity contribution in [1.82, 2.24) is 4.67 Å². The minimum atomic E-state index is -1.07. The molecule has 20 heavy (non-hydrogen) atoms. The van der Waals surface area contributed by atoms with Gasteiger partial charge in [-0.25, -0.2) is 4.67 Å². The third-order valence-corrected chi connectivity index (χ3v) is 4.81. The van der Waals surface area contributed by atoms with Crippen molar-refractivity contribution in [2.75, 3.05) is 26.8 Å². The van der Waals surface area contributed by atoms with Gasteiger partial charge in [-0.3, -0.25) is 0 Å². The first-order chi connectivity index (χ1) is 9.67. The highest BCUT2D eigenvalue weighted by molar-refractivity contribution is 7.45. The molecule has 0 saturated heterocycles. The Hall–Kier alpha value is -0.670. The molecule has 0 saturated carbocycles. The predicted octanol–water partition coefficient (Wildman–Crippen LogP) is 4.13. The molecule has 0 aliphatic rings. The van der Waals surface area contributed by atoms with E-state index < -0.39 is 8.53 Å². The maximum atomic E-state index is 6.20. The van der Waals surface area contributed by atoms with Crippen LogP contribution in [0, 0.1) is 6.92 Å². The average Bonchev–Trinajstić information content (AvgIpc) is 2.44. The lowest BCUT2D eigenvalue weighted by molar-refractivity contribution is 0.182. The molecule has 1 atom stereocenters. The molecule has 1 unspecified atom stereocenters. The second kappa shape index (κ2) is 9.30. The minimum absolute atomic E-state index is 0.546. The van der Waals surface area contributed by atoms with Gasteiger partial charge in [0.15, 0.2) is 0 Å². The van der Waals surface area contributed by atoms with Crippen molar-refractivity contribution in [2.45, 2.75) is 34.3 Å². The fraction of sp³-hybridized carbons (Fsp3) is 0.600. The van der Waals surface area contributed by atoms with Crippen molar-refractivity contribution in [3.8, 4) is 5.75 Å². The van der Waals surface area contributed by atoms with Gasteiger partial charge in [-0.15, -0.1) is 0 Å². The van der Waals surface area contributed by atoms with E-state index in [1.54, 1.807) is 7.11 Å². The van der Waals surface area contributed by atoms with Gasteiger partial charge in [0.1, 0.15) is 5.75 Å². The van der Waals surface area contributed by atoms with Gasteiger partial charge >= 0.3 is 8.53 Å². The van der Waals surface area contributed by atoms with E-state index in [4.69, 9.17) is 13.8 Å². The molecule has 0 aliphatic heterocycles. The summed E-state index contributed by atoms with van der Waals surface area (Å²) in [6.45, 7) is 11.3. The molecular formula is C15H26NO3P. The lowest BCUT2D eigenvalue weighted by Gasteiger charge is -2.28. The van der Waals surface area contributed by atoms with E-state index in [2.05, 4.69) is 31.5 Å². The summed E-state index contributed by atoms with van der Waals surface area (Å²) in [6.07, 6.45) is 0. The monoisotopic (exact) mass is 299 g/mol. The second-order valence-corrected chi connectivity index (χ2v) is 5.86. The molecular weight excluding hydrogens is 273 g/mol. The van der Waals surface area contributed by atoms with Crippen LogP contribution in [0.15, 0.2) is 18.2 Å². The van der Waals surface area contributed by atoms with Crippen LogP contribution in [0.5, 0.6) is 5.75 Å². The van der Waals surface area contributed by atoms with Crippen LogP contribution in [0.25, 0.3) is 0 Å². The predicted molar refractivity (Wildman–Crippen MR) is 84.0 cm³/mol. The minimum Gasteiger partial charge on any atom is -0.435 e. The summed E-state index contributed by atoms with van der Waals surface area (Å²) in [7, 11) is 0.630. The average molecular weight is 299 g/mol. The van der Waals surface area contributed by atoms with Crippen LogP contribution in [-0.2, 0) is 15.9 Å². The van der Waals surface area contributed by atoms with Crippen LogP contribution >= 0.6 is 8.53 Å². The van der Waals surface area contributed by atoms with Gasteiger partial charge in [0.05, 0.1) is 13.2 Å². The first-order valence-electron chi connectivity index (χ1n) is 7.11. The van der Waals surface area contributed by atoms with Crippen LogP contribution in [0.3, 0.4) is 0 Å². The van der Waals surface area contributed by atoms with E-state index >= 15 is 0 Å². The topological polar surface area (TPSA) is 30.9 Å². The van der Waals surface area contributed by atoms with E-state index in [9.17, 15) is 0 Å². The number of rotatable bonds is 9. The maximum absolute atomic E-state index is 6.20. The van der Waals surface area contributed by atoms with E-state index in [0.717, 1.165) is 30.0 Å². The zero-order chi connectivity index (χ0) is 15.0. The van der Waals surface area contributed by atoms with Crippen LogP contribution in [0.4, 0.5) is 0 Å². The van der Waals surface area contributed by atoms with Crippen LogP contribution < -0.4 is 4.52 Å². The van der Waals surface area contributed by atoms with Crippen molar-refractivity contribution in [1.29, 1.82) is 0 Å². The van der Waals surface area contributed by atoms with Gasteiger partial charge in [-0.2, -0.15) is 0 Å². The van der Waals surface area contributed by atoms with Crippen molar-refractivity contribution in [3.63, 3.8) is 0 Å². The van der Waals surface area contributed by atoms with Crippen molar-refractivity contribution in [2.24, 2.45) is 0 Å². The third kappa shape index (κ3) is 4.71. The molecule has 1 rings (SSSR count). The normalized spacial score (nSPS) is 12.7. The number of nitrogens with zero attached hydrogens (tertiary/aromatic N) is 1. The van der Waals surface area contributed by atoms with Crippen molar-refractivity contribution >= 4 is 8.53 Å². The van der Waals surface area contributed by atoms with Gasteiger partial charge in [0.2, 0.25) is 0 Å². The zero-order valence-electron chi connectivity index (χ0n) is 13.2. The lowest BCUT2D eigenvalue weighted by Crippen LogP contribution is -2.21. The Kier molecular flexibility index (Phi) is 8.08. The SMILES string of the molecule is CCOP(Oc1c(C)cccc1COC)N(CC)CC. The van der Waals surface area contributed by atoms with Gasteiger partial charge in [0.25, 0.3) is 0 Å². The molecule has 0 bridgehead atoms. The highest BCUT2D eigenvalue weighted by Crippen LogP contribution is 2.45. The van der Waals surface area contributed by atoms with E-state index in [1.807, 2.05) is 19.1 Å². The summed E-state index contributed by atoms with van der Waals surface area (Å²) in [6, 6.07) is 6.11. The first kappa shape index (κ1) is 17.4. The fourth-order valence-corrected chi connectivity index (χ4v) is 3.35. The summed E-state index contributed by atoms with van der Waals surface area (Å²) in [5.74, 6) is 0.890. The maximum Gasteiger partial charge on any atom is 0.321 e. The number of ether oxygens (including phenoxy) is 1. The molecule has 1 aromatic carbocycles. The molecule has 114 valence electrons. The van der Waals surface area contributed by atoms with Crippen LogP contribution in [0.1, 0.15) is 31.9 Å². The second-order valence-electron chi connectivity index (χ2n) is 4.38. The largest absolute Gasteiger partial charge is 0.435 e. The summed E-state index contributed by atoms with van der Waals surface area (Å²) >= 11 is 0. The molecule has 0 fully saturated rings. The standard InChI is InChI=1S/C15H26NO3P/c1-6-16(7-2)20(18-8-3)19-15-13(4)10-9-11-14(15)12-17-5/h9-11H,6-8,12H2,1-5H3. The molecule has 0 N–H and O–H groups in total. The highest BCUT2D eigenvalue weighted by Gasteiger charge is 2.22. The van der Waals surface area contributed by atoms with Crippen molar-refractivity contribution in [3.05, 3.63) is 29.3 Å². The number of aryl methyl sites for hydroxylation is 1. The van der Waals surface area contributed by atoms with Gasteiger partial charge in [0, 0.05) is 25.8 Å². The lowest BCUT2D eigenvalue weighted by atomic mass is 10.1. The number of hydrogen-bond acceptors (Lipinski definition) is 4. The highest BCUT2D eigenvalue weighted by atomic mass is 31.2. The zero-order valence-corrected chi connectivity index (χ0v) is 14.1. The van der Waals surface area contributed by atoms with E-state index in [-0.39, 0.29) is 0 Å². The molecule has 1 aromatic rings. The Morgan fingerprint density at radius 2 is 1.85 bits per heavy atom. The third-order valence-electron chi connectivity index (χ3n) is 2.96. The smallest absolute Gasteiger partial charge is 0.321 e. The van der Waals surface area contributed by atoms with E-state index in [1.165, 1.54) is 0 Å². The summed E-state index contributed by atoms with van der Waals surface area (Å²) < 4.78 is 19.5. The van der Waals surface area contributed by atoms with E-state index in [0.29, 0.717) is 13.2 Å². The number of methoxy groups -OCH3 is 1. The molecule has 0 amide bonds. The number of hydrogen-bond donors (Lipinski definition) is 0. The quantitative estimate of drug-likeness (QED) is 0.642. The Morgan fingerprint density at radius 3 is 2.40 bits per heavy atom. The first-order valence-corrected chi connectivity index (χ1v) is 8.24. The molecule has 0 aliphatic carbocycles. The van der Waals surface area contributed by atoms with Gasteiger partial charge < -0.3 is 13.8 Å². The molecule has 0 aromatic heterocycles. The summed E-state index contributed by atoms with van der Waals surface area (Å²) in [4.78, 5) is 0. The molecule has 4 nitrogen and oxygen atoms in total. The summed E-state index contributed by atoms with van der Waals surface area (Å²) in [5.41, 5.74) is 2.17. The van der Waals surface area contributed by atoms with Gasteiger partial charge in [-0.1, -0.05) is 32.0 Å². The van der Waals surface area contributed by atoms with Crippen LogP contribution in [0.2, 0.25) is 0 Å². The summed E-state index contributed by atoms with van der Waals surface area (Å²) in [5, 5.41) is 0. The molecule has 0 spiro atoms. The molecule has 0 radical (unpaired) electrons. The Morgan fingerprint density at radius 1 is 1.15 bits per heavy atom. The van der Waals surface area contributed by atoms with Crippen LogP contribution in [-0.4, -0.2) is 31.5 Å².